The number of nitrogens with one attached hydrogen (secondary N) is 2. The first-order chi connectivity index (χ1) is 17.0. The first-order valence-corrected chi connectivity index (χ1v) is 11.3. The van der Waals surface area contributed by atoms with Gasteiger partial charge in [0, 0.05) is 43.6 Å². The number of aromatic nitrogens is 1. The third-order valence-corrected chi connectivity index (χ3v) is 5.79. The molecule has 1 aliphatic heterocycles. The fourth-order valence-electron chi connectivity index (χ4n) is 3.89. The normalized spacial score (nSPS) is 13.2. The maximum Gasteiger partial charge on any atom is 0.257 e. The quantitative estimate of drug-likeness (QED) is 0.546. The first-order valence-electron chi connectivity index (χ1n) is 11.3. The molecule has 3 amide bonds. The second kappa shape index (κ2) is 11.1. The highest BCUT2D eigenvalue weighted by Gasteiger charge is 2.24. The minimum atomic E-state index is -0.312. The predicted octanol–water partition coefficient (Wildman–Crippen LogP) is 2.42. The van der Waals surface area contributed by atoms with Gasteiger partial charge in [0.2, 0.25) is 5.91 Å². The van der Waals surface area contributed by atoms with Gasteiger partial charge in [-0.1, -0.05) is 12.1 Å². The van der Waals surface area contributed by atoms with E-state index in [4.69, 9.17) is 4.74 Å². The summed E-state index contributed by atoms with van der Waals surface area (Å²) in [5.41, 5.74) is 2.46. The van der Waals surface area contributed by atoms with Crippen LogP contribution in [0.3, 0.4) is 0 Å². The zero-order valence-electron chi connectivity index (χ0n) is 19.4. The average Bonchev–Trinajstić information content (AvgIpc) is 2.92. The van der Waals surface area contributed by atoms with Crippen molar-refractivity contribution in [1.29, 1.82) is 0 Å². The fourth-order valence-corrected chi connectivity index (χ4v) is 3.89. The molecule has 35 heavy (non-hydrogen) atoms. The number of carbonyl (C=O) groups excluding carboxylic acids is 3. The second-order valence-corrected chi connectivity index (χ2v) is 7.99. The number of para-hydroxylation sites is 1. The molecule has 0 aliphatic carbocycles. The van der Waals surface area contributed by atoms with Crippen molar-refractivity contribution in [2.24, 2.45) is 0 Å². The molecular formula is C26H27N5O4. The number of carbonyl (C=O) groups is 3. The summed E-state index contributed by atoms with van der Waals surface area (Å²) in [4.78, 5) is 45.7. The fraction of sp³-hybridized carbons (Fsp3) is 0.231. The van der Waals surface area contributed by atoms with Gasteiger partial charge < -0.3 is 25.2 Å². The Kier molecular flexibility index (Phi) is 7.57. The van der Waals surface area contributed by atoms with Gasteiger partial charge in [0.05, 0.1) is 31.1 Å². The summed E-state index contributed by atoms with van der Waals surface area (Å²) in [6.45, 7) is 2.07. The van der Waals surface area contributed by atoms with Crippen LogP contribution in [0.15, 0.2) is 73.1 Å². The minimum absolute atomic E-state index is 0.0744. The molecular weight excluding hydrogens is 446 g/mol. The molecule has 0 atom stereocenters. The number of amides is 3. The Morgan fingerprint density at radius 2 is 1.66 bits per heavy atom. The Morgan fingerprint density at radius 3 is 2.34 bits per heavy atom. The monoisotopic (exact) mass is 473 g/mol. The van der Waals surface area contributed by atoms with E-state index in [9.17, 15) is 14.4 Å². The summed E-state index contributed by atoms with van der Waals surface area (Å²) in [5, 5.41) is 5.55. The number of ether oxygens (including phenoxy) is 1. The van der Waals surface area contributed by atoms with Gasteiger partial charge >= 0.3 is 0 Å². The van der Waals surface area contributed by atoms with Gasteiger partial charge in [0.25, 0.3) is 11.8 Å². The van der Waals surface area contributed by atoms with Crippen LogP contribution in [0.4, 0.5) is 11.4 Å². The first kappa shape index (κ1) is 23.7. The number of rotatable bonds is 7. The SMILES string of the molecule is COc1ccc(C(=O)NCC(=O)N2CCN(c3ccccc3C(=O)Nc3cccnc3)CC2)cc1. The summed E-state index contributed by atoms with van der Waals surface area (Å²) >= 11 is 0. The molecule has 0 radical (unpaired) electrons. The Morgan fingerprint density at radius 1 is 0.914 bits per heavy atom. The number of nitrogens with zero attached hydrogens (tertiary/aromatic N) is 3. The van der Waals surface area contributed by atoms with Crippen molar-refractivity contribution in [3.8, 4) is 5.75 Å². The lowest BCUT2D eigenvalue weighted by Gasteiger charge is -2.37. The highest BCUT2D eigenvalue weighted by atomic mass is 16.5. The number of piperazine rings is 1. The zero-order valence-corrected chi connectivity index (χ0v) is 19.4. The molecule has 1 fully saturated rings. The van der Waals surface area contributed by atoms with Gasteiger partial charge in [-0.25, -0.2) is 0 Å². The topological polar surface area (TPSA) is 104 Å². The highest BCUT2D eigenvalue weighted by Crippen LogP contribution is 2.23. The maximum absolute atomic E-state index is 12.9. The molecule has 0 spiro atoms. The standard InChI is InChI=1S/C26H27N5O4/c1-35-21-10-8-19(9-11-21)25(33)28-18-24(32)31-15-13-30(14-16-31)23-7-3-2-6-22(23)26(34)29-20-5-4-12-27-17-20/h2-12,17H,13-16,18H2,1H3,(H,28,33)(H,29,34). The molecule has 180 valence electrons. The van der Waals surface area contributed by atoms with Gasteiger partial charge in [-0.2, -0.15) is 0 Å². The van der Waals surface area contributed by atoms with Crippen molar-refractivity contribution < 1.29 is 19.1 Å². The molecule has 1 saturated heterocycles. The Hall–Kier alpha value is -4.40. The van der Waals surface area contributed by atoms with Crippen LogP contribution in [0, 0.1) is 0 Å². The molecule has 2 heterocycles. The van der Waals surface area contributed by atoms with E-state index in [1.54, 1.807) is 66.9 Å². The highest BCUT2D eigenvalue weighted by molar-refractivity contribution is 6.08. The van der Waals surface area contributed by atoms with E-state index in [1.165, 1.54) is 0 Å². The molecule has 0 saturated carbocycles. The largest absolute Gasteiger partial charge is 0.497 e. The summed E-state index contributed by atoms with van der Waals surface area (Å²) in [6.07, 6.45) is 3.24. The van der Waals surface area contributed by atoms with Crippen molar-refractivity contribution in [3.63, 3.8) is 0 Å². The molecule has 2 aromatic carbocycles. The molecule has 3 aromatic rings. The van der Waals surface area contributed by atoms with Gasteiger partial charge in [0.1, 0.15) is 5.75 Å². The van der Waals surface area contributed by atoms with Crippen LogP contribution in [0.2, 0.25) is 0 Å². The van der Waals surface area contributed by atoms with Gasteiger partial charge in [-0.15, -0.1) is 0 Å². The van der Waals surface area contributed by atoms with E-state index in [0.717, 1.165) is 5.69 Å². The number of anilines is 2. The molecule has 9 heteroatoms. The Balaban J connectivity index is 1.31. The van der Waals surface area contributed by atoms with Gasteiger partial charge in [0.15, 0.2) is 0 Å². The lowest BCUT2D eigenvalue weighted by Crippen LogP contribution is -2.51. The zero-order chi connectivity index (χ0) is 24.6. The van der Waals surface area contributed by atoms with Gasteiger partial charge in [-0.3, -0.25) is 19.4 Å². The third kappa shape index (κ3) is 5.94. The Bertz CT molecular complexity index is 1180. The molecule has 4 rings (SSSR count). The van der Waals surface area contributed by atoms with Crippen LogP contribution in [0.5, 0.6) is 5.75 Å². The van der Waals surface area contributed by atoms with Crippen LogP contribution in [0.25, 0.3) is 0 Å². The van der Waals surface area contributed by atoms with E-state index >= 15 is 0 Å². The van der Waals surface area contributed by atoms with E-state index < -0.39 is 0 Å². The van der Waals surface area contributed by atoms with Crippen LogP contribution in [-0.4, -0.2) is 67.4 Å². The van der Waals surface area contributed by atoms with Crippen LogP contribution in [-0.2, 0) is 4.79 Å². The van der Waals surface area contributed by atoms with Crippen molar-refractivity contribution in [2.75, 3.05) is 50.1 Å². The van der Waals surface area contributed by atoms with Crippen molar-refractivity contribution in [1.82, 2.24) is 15.2 Å². The number of pyridine rings is 1. The van der Waals surface area contributed by atoms with Crippen molar-refractivity contribution >= 4 is 29.1 Å². The van der Waals surface area contributed by atoms with Crippen LogP contribution in [0.1, 0.15) is 20.7 Å². The average molecular weight is 474 g/mol. The van der Waals surface area contributed by atoms with E-state index in [0.29, 0.717) is 48.7 Å². The molecule has 1 aliphatic rings. The predicted molar refractivity (Wildman–Crippen MR) is 133 cm³/mol. The smallest absolute Gasteiger partial charge is 0.257 e. The number of benzene rings is 2. The number of hydrogen-bond acceptors (Lipinski definition) is 6. The molecule has 9 nitrogen and oxygen atoms in total. The number of methoxy groups -OCH3 is 1. The maximum atomic E-state index is 12.9. The van der Waals surface area contributed by atoms with E-state index in [2.05, 4.69) is 20.5 Å². The van der Waals surface area contributed by atoms with Gasteiger partial charge in [-0.05, 0) is 48.5 Å². The van der Waals surface area contributed by atoms with Crippen molar-refractivity contribution in [2.45, 2.75) is 0 Å². The molecule has 0 unspecified atom stereocenters. The van der Waals surface area contributed by atoms with E-state index in [1.807, 2.05) is 18.2 Å². The second-order valence-electron chi connectivity index (χ2n) is 7.99. The molecule has 2 N–H and O–H groups in total. The summed E-state index contributed by atoms with van der Waals surface area (Å²) in [5.74, 6) is -0.0118. The minimum Gasteiger partial charge on any atom is -0.497 e. The van der Waals surface area contributed by atoms with E-state index in [-0.39, 0.29) is 24.3 Å². The Labute approximate surface area is 203 Å². The van der Waals surface area contributed by atoms with Crippen LogP contribution >= 0.6 is 0 Å². The van der Waals surface area contributed by atoms with Crippen molar-refractivity contribution in [3.05, 3.63) is 84.2 Å². The van der Waals surface area contributed by atoms with Crippen LogP contribution < -0.4 is 20.3 Å². The number of hydrogen-bond donors (Lipinski definition) is 2. The third-order valence-electron chi connectivity index (χ3n) is 5.79. The summed E-state index contributed by atoms with van der Waals surface area (Å²) < 4.78 is 5.09. The summed E-state index contributed by atoms with van der Waals surface area (Å²) in [7, 11) is 1.56. The lowest BCUT2D eigenvalue weighted by molar-refractivity contribution is -0.130. The lowest BCUT2D eigenvalue weighted by atomic mass is 10.1. The molecule has 1 aromatic heterocycles. The molecule has 0 bridgehead atoms. The summed E-state index contributed by atoms with van der Waals surface area (Å²) in [6, 6.07) is 17.7.